The molecule has 1 aliphatic rings. The zero-order valence-electron chi connectivity index (χ0n) is 15.9. The molecule has 0 spiro atoms. The number of rotatable bonds is 4. The number of para-hydroxylation sites is 1. The standard InChI is InChI=1S/C23H19ClFNO3.ClH/c24-21-18(5-3-6-19(21)25)17-4-1-2-7-20(17)29-16-9-8-14-10-11-23(26,22(27)28)13-15(14)12-16;/h1-9,12H,10-11,13,26H2,(H,27,28);1H. The Balaban J connectivity index is 0.00000256. The molecule has 3 aromatic rings. The molecule has 1 atom stereocenters. The number of hydrogen-bond donors (Lipinski definition) is 2. The fourth-order valence-electron chi connectivity index (χ4n) is 3.66. The molecule has 0 amide bonds. The highest BCUT2D eigenvalue weighted by atomic mass is 35.5. The maximum atomic E-state index is 13.9. The van der Waals surface area contributed by atoms with E-state index in [1.54, 1.807) is 18.2 Å². The average molecular weight is 448 g/mol. The van der Waals surface area contributed by atoms with Gasteiger partial charge in [0.25, 0.3) is 0 Å². The number of carbonyl (C=O) groups is 1. The molecular formula is C23H20Cl2FNO3. The summed E-state index contributed by atoms with van der Waals surface area (Å²) in [5.74, 6) is -0.423. The Morgan fingerprint density at radius 3 is 2.57 bits per heavy atom. The lowest BCUT2D eigenvalue weighted by molar-refractivity contribution is -0.143. The van der Waals surface area contributed by atoms with Crippen LogP contribution in [0.1, 0.15) is 17.5 Å². The van der Waals surface area contributed by atoms with Crippen LogP contribution in [0, 0.1) is 5.82 Å². The number of benzene rings is 3. The summed E-state index contributed by atoms with van der Waals surface area (Å²) in [7, 11) is 0. The highest BCUT2D eigenvalue weighted by Crippen LogP contribution is 2.39. The smallest absolute Gasteiger partial charge is 0.324 e. The van der Waals surface area contributed by atoms with Crippen molar-refractivity contribution in [1.29, 1.82) is 0 Å². The molecule has 1 unspecified atom stereocenters. The fraction of sp³-hybridized carbons (Fsp3) is 0.174. The van der Waals surface area contributed by atoms with E-state index in [0.717, 1.165) is 11.1 Å². The van der Waals surface area contributed by atoms with Crippen molar-refractivity contribution >= 4 is 30.0 Å². The maximum absolute atomic E-state index is 13.9. The van der Waals surface area contributed by atoms with Gasteiger partial charge in [0.05, 0.1) is 5.02 Å². The molecule has 4 rings (SSSR count). The van der Waals surface area contributed by atoms with Gasteiger partial charge in [0.15, 0.2) is 0 Å². The van der Waals surface area contributed by atoms with Crippen LogP contribution < -0.4 is 10.5 Å². The fourth-order valence-corrected chi connectivity index (χ4v) is 3.89. The Bertz CT molecular complexity index is 1110. The summed E-state index contributed by atoms with van der Waals surface area (Å²) in [5.41, 5.74) is 7.92. The minimum absolute atomic E-state index is 0. The molecule has 0 fully saturated rings. The zero-order chi connectivity index (χ0) is 20.6. The van der Waals surface area contributed by atoms with Crippen molar-refractivity contribution in [3.05, 3.63) is 82.6 Å². The van der Waals surface area contributed by atoms with Gasteiger partial charge in [-0.05, 0) is 48.2 Å². The molecule has 4 nitrogen and oxygen atoms in total. The summed E-state index contributed by atoms with van der Waals surface area (Å²) in [6.45, 7) is 0. The van der Waals surface area contributed by atoms with Crippen molar-refractivity contribution in [3.8, 4) is 22.6 Å². The van der Waals surface area contributed by atoms with E-state index in [2.05, 4.69) is 0 Å². The van der Waals surface area contributed by atoms with E-state index in [-0.39, 0.29) is 23.9 Å². The first-order chi connectivity index (χ1) is 13.9. The highest BCUT2D eigenvalue weighted by Gasteiger charge is 2.37. The first-order valence-electron chi connectivity index (χ1n) is 9.23. The molecule has 0 saturated carbocycles. The van der Waals surface area contributed by atoms with Crippen LogP contribution >= 0.6 is 24.0 Å². The second-order valence-corrected chi connectivity index (χ2v) is 7.65. The van der Waals surface area contributed by atoms with Crippen molar-refractivity contribution in [2.45, 2.75) is 24.8 Å². The minimum Gasteiger partial charge on any atom is -0.480 e. The van der Waals surface area contributed by atoms with Gasteiger partial charge in [-0.15, -0.1) is 12.4 Å². The van der Waals surface area contributed by atoms with Crippen LogP contribution in [-0.2, 0) is 17.6 Å². The lowest BCUT2D eigenvalue weighted by Crippen LogP contribution is -2.52. The number of hydrogen-bond acceptors (Lipinski definition) is 3. The average Bonchev–Trinajstić information content (AvgIpc) is 2.70. The van der Waals surface area contributed by atoms with Crippen molar-refractivity contribution in [3.63, 3.8) is 0 Å². The number of aliphatic carboxylic acids is 1. The molecule has 0 aliphatic heterocycles. The molecule has 0 saturated heterocycles. The van der Waals surface area contributed by atoms with Crippen LogP contribution in [0.4, 0.5) is 4.39 Å². The van der Waals surface area contributed by atoms with Gasteiger partial charge in [-0.3, -0.25) is 4.79 Å². The third-order valence-corrected chi connectivity index (χ3v) is 5.69. The molecule has 0 aromatic heterocycles. The van der Waals surface area contributed by atoms with E-state index in [0.29, 0.717) is 35.5 Å². The lowest BCUT2D eigenvalue weighted by Gasteiger charge is -2.31. The summed E-state index contributed by atoms with van der Waals surface area (Å²) in [5, 5.41) is 9.47. The number of carboxylic acid groups (broad SMARTS) is 1. The highest BCUT2D eigenvalue weighted by molar-refractivity contribution is 6.33. The van der Waals surface area contributed by atoms with Crippen molar-refractivity contribution < 1.29 is 19.0 Å². The van der Waals surface area contributed by atoms with Crippen LogP contribution in [0.2, 0.25) is 5.02 Å². The van der Waals surface area contributed by atoms with Gasteiger partial charge >= 0.3 is 5.97 Å². The summed E-state index contributed by atoms with van der Waals surface area (Å²) in [6.07, 6.45) is 1.25. The second kappa shape index (κ2) is 8.64. The Kier molecular flexibility index (Phi) is 6.36. The van der Waals surface area contributed by atoms with Gasteiger partial charge < -0.3 is 15.6 Å². The number of aryl methyl sites for hydroxylation is 1. The van der Waals surface area contributed by atoms with E-state index >= 15 is 0 Å². The van der Waals surface area contributed by atoms with E-state index < -0.39 is 17.3 Å². The molecule has 30 heavy (non-hydrogen) atoms. The number of halogens is 3. The number of ether oxygens (including phenoxy) is 1. The zero-order valence-corrected chi connectivity index (χ0v) is 17.5. The Hall–Kier alpha value is -2.60. The first-order valence-corrected chi connectivity index (χ1v) is 9.60. The molecule has 0 bridgehead atoms. The third-order valence-electron chi connectivity index (χ3n) is 5.31. The SMILES string of the molecule is Cl.NC1(C(=O)O)CCc2ccc(Oc3ccccc3-c3cccc(F)c3Cl)cc2C1. The largest absolute Gasteiger partial charge is 0.480 e. The van der Waals surface area contributed by atoms with E-state index in [1.807, 2.05) is 36.4 Å². The molecule has 0 heterocycles. The van der Waals surface area contributed by atoms with Gasteiger partial charge in [-0.2, -0.15) is 0 Å². The summed E-state index contributed by atoms with van der Waals surface area (Å²) >= 11 is 6.16. The van der Waals surface area contributed by atoms with Crippen LogP contribution in [0.3, 0.4) is 0 Å². The molecule has 1 aliphatic carbocycles. The van der Waals surface area contributed by atoms with Crippen LogP contribution in [0.15, 0.2) is 60.7 Å². The predicted molar refractivity (Wildman–Crippen MR) is 117 cm³/mol. The summed E-state index contributed by atoms with van der Waals surface area (Å²) < 4.78 is 20.0. The van der Waals surface area contributed by atoms with Gasteiger partial charge in [0.2, 0.25) is 0 Å². The number of nitrogens with two attached hydrogens (primary N) is 1. The normalized spacial score (nSPS) is 17.6. The van der Waals surface area contributed by atoms with Crippen LogP contribution in [0.25, 0.3) is 11.1 Å². The number of fused-ring (bicyclic) bond motifs is 1. The van der Waals surface area contributed by atoms with Crippen molar-refractivity contribution in [2.75, 3.05) is 0 Å². The molecule has 3 aromatic carbocycles. The second-order valence-electron chi connectivity index (χ2n) is 7.27. The van der Waals surface area contributed by atoms with Crippen LogP contribution in [-0.4, -0.2) is 16.6 Å². The van der Waals surface area contributed by atoms with E-state index in [9.17, 15) is 14.3 Å². The number of carboxylic acids is 1. The van der Waals surface area contributed by atoms with Gasteiger partial charge in [0.1, 0.15) is 22.9 Å². The van der Waals surface area contributed by atoms with Gasteiger partial charge in [0, 0.05) is 17.5 Å². The molecule has 7 heteroatoms. The van der Waals surface area contributed by atoms with E-state index in [4.69, 9.17) is 22.1 Å². The maximum Gasteiger partial charge on any atom is 0.324 e. The Morgan fingerprint density at radius 1 is 1.07 bits per heavy atom. The predicted octanol–water partition coefficient (Wildman–Crippen LogP) is 5.63. The molecule has 3 N–H and O–H groups in total. The van der Waals surface area contributed by atoms with Crippen molar-refractivity contribution in [2.24, 2.45) is 5.73 Å². The molecule has 156 valence electrons. The first kappa shape index (κ1) is 22.1. The Morgan fingerprint density at radius 2 is 1.80 bits per heavy atom. The lowest BCUT2D eigenvalue weighted by atomic mass is 9.78. The van der Waals surface area contributed by atoms with Gasteiger partial charge in [-0.1, -0.05) is 48.0 Å². The molecular weight excluding hydrogens is 428 g/mol. The minimum atomic E-state index is -1.27. The van der Waals surface area contributed by atoms with Gasteiger partial charge in [-0.25, -0.2) is 4.39 Å². The topological polar surface area (TPSA) is 72.6 Å². The summed E-state index contributed by atoms with van der Waals surface area (Å²) in [6, 6.07) is 17.5. The summed E-state index contributed by atoms with van der Waals surface area (Å²) in [4.78, 5) is 11.5. The quantitative estimate of drug-likeness (QED) is 0.543. The van der Waals surface area contributed by atoms with Crippen LogP contribution in [0.5, 0.6) is 11.5 Å². The monoisotopic (exact) mass is 447 g/mol. The Labute approximate surface area is 184 Å². The molecule has 0 radical (unpaired) electrons. The van der Waals surface area contributed by atoms with E-state index in [1.165, 1.54) is 6.07 Å². The van der Waals surface area contributed by atoms with Crippen molar-refractivity contribution in [1.82, 2.24) is 0 Å². The third kappa shape index (κ3) is 4.15.